The average Bonchev–Trinajstić information content (AvgIpc) is 2.72. The van der Waals surface area contributed by atoms with Crippen LogP contribution in [0, 0.1) is 0 Å². The van der Waals surface area contributed by atoms with Gasteiger partial charge in [-0.15, -0.1) is 0 Å². The number of anilines is 1. The van der Waals surface area contributed by atoms with Gasteiger partial charge >= 0.3 is 0 Å². The third kappa shape index (κ3) is 2.74. The first-order chi connectivity index (χ1) is 6.95. The fourth-order valence-electron chi connectivity index (χ4n) is 1.92. The summed E-state index contributed by atoms with van der Waals surface area (Å²) in [6.07, 6.45) is 2.76. The molecule has 2 heteroatoms. The SMILES string of the molecule is [HH].c1ccc(NCCN2CCCC2)cc1. The molecule has 1 fully saturated rings. The number of rotatable bonds is 4. The predicted molar refractivity (Wildman–Crippen MR) is 62.7 cm³/mol. The summed E-state index contributed by atoms with van der Waals surface area (Å²) in [4.78, 5) is 2.52. The molecule has 1 aromatic carbocycles. The molecule has 78 valence electrons. The number of benzene rings is 1. The van der Waals surface area contributed by atoms with Gasteiger partial charge in [0.05, 0.1) is 0 Å². The molecule has 0 atom stereocenters. The van der Waals surface area contributed by atoms with Crippen LogP contribution in [0.15, 0.2) is 30.3 Å². The lowest BCUT2D eigenvalue weighted by Crippen LogP contribution is -2.25. The molecule has 0 saturated carbocycles. The van der Waals surface area contributed by atoms with Crippen LogP contribution in [0.4, 0.5) is 5.69 Å². The van der Waals surface area contributed by atoms with Gasteiger partial charge < -0.3 is 10.2 Å². The molecule has 0 radical (unpaired) electrons. The van der Waals surface area contributed by atoms with Crippen LogP contribution in [-0.4, -0.2) is 31.1 Å². The minimum Gasteiger partial charge on any atom is -0.384 e. The van der Waals surface area contributed by atoms with Gasteiger partial charge in [0.1, 0.15) is 0 Å². The first kappa shape index (κ1) is 9.53. The number of nitrogens with zero attached hydrogens (tertiary/aromatic N) is 1. The second-order valence-electron chi connectivity index (χ2n) is 3.84. The average molecular weight is 192 g/mol. The second-order valence-corrected chi connectivity index (χ2v) is 3.84. The van der Waals surface area contributed by atoms with E-state index in [1.807, 2.05) is 6.07 Å². The summed E-state index contributed by atoms with van der Waals surface area (Å²) >= 11 is 0. The summed E-state index contributed by atoms with van der Waals surface area (Å²) in [5.41, 5.74) is 1.23. The van der Waals surface area contributed by atoms with Crippen LogP contribution in [0.5, 0.6) is 0 Å². The molecule has 1 aromatic rings. The van der Waals surface area contributed by atoms with E-state index in [1.54, 1.807) is 0 Å². The fourth-order valence-corrected chi connectivity index (χ4v) is 1.92. The van der Waals surface area contributed by atoms with E-state index in [1.165, 1.54) is 38.2 Å². The number of nitrogens with one attached hydrogen (secondary N) is 1. The molecule has 14 heavy (non-hydrogen) atoms. The highest BCUT2D eigenvalue weighted by atomic mass is 15.1. The van der Waals surface area contributed by atoms with Crippen molar-refractivity contribution in [1.82, 2.24) is 4.90 Å². The molecule has 0 aromatic heterocycles. The highest BCUT2D eigenvalue weighted by molar-refractivity contribution is 5.42. The molecular formula is C12H20N2. The van der Waals surface area contributed by atoms with Crippen molar-refractivity contribution in [3.8, 4) is 0 Å². The molecule has 0 aliphatic carbocycles. The quantitative estimate of drug-likeness (QED) is 0.788. The van der Waals surface area contributed by atoms with Crippen LogP contribution < -0.4 is 5.32 Å². The van der Waals surface area contributed by atoms with Crippen molar-refractivity contribution in [2.45, 2.75) is 12.8 Å². The van der Waals surface area contributed by atoms with Gasteiger partial charge in [-0.3, -0.25) is 0 Å². The molecule has 1 N–H and O–H groups in total. The molecule has 1 aliphatic rings. The van der Waals surface area contributed by atoms with Crippen molar-refractivity contribution in [1.29, 1.82) is 0 Å². The Kier molecular flexibility index (Phi) is 3.41. The van der Waals surface area contributed by atoms with Crippen molar-refractivity contribution in [3.05, 3.63) is 30.3 Å². The first-order valence-electron chi connectivity index (χ1n) is 5.46. The third-order valence-electron chi connectivity index (χ3n) is 2.73. The lowest BCUT2D eigenvalue weighted by molar-refractivity contribution is 0.352. The van der Waals surface area contributed by atoms with Crippen molar-refractivity contribution < 1.29 is 1.43 Å². The van der Waals surface area contributed by atoms with E-state index in [4.69, 9.17) is 0 Å². The number of likely N-dealkylation sites (tertiary alicyclic amines) is 1. The van der Waals surface area contributed by atoms with Gasteiger partial charge in [0.2, 0.25) is 0 Å². The molecule has 2 nitrogen and oxygen atoms in total. The topological polar surface area (TPSA) is 15.3 Å². The Balaban J connectivity index is 0.00000112. The van der Waals surface area contributed by atoms with Gasteiger partial charge in [0, 0.05) is 20.2 Å². The lowest BCUT2D eigenvalue weighted by Gasteiger charge is -2.15. The maximum absolute atomic E-state index is 3.43. The largest absolute Gasteiger partial charge is 0.384 e. The van der Waals surface area contributed by atoms with E-state index < -0.39 is 0 Å². The van der Waals surface area contributed by atoms with E-state index in [0.717, 1.165) is 6.54 Å². The Hall–Kier alpha value is -1.02. The molecule has 0 amide bonds. The summed E-state index contributed by atoms with van der Waals surface area (Å²) in [5, 5.41) is 3.43. The zero-order chi connectivity index (χ0) is 9.64. The van der Waals surface area contributed by atoms with E-state index in [0.29, 0.717) is 0 Å². The van der Waals surface area contributed by atoms with Crippen molar-refractivity contribution in [2.75, 3.05) is 31.5 Å². The summed E-state index contributed by atoms with van der Waals surface area (Å²) in [5.74, 6) is 0. The Labute approximate surface area is 87.4 Å². The number of para-hydroxylation sites is 1. The Morgan fingerprint density at radius 1 is 1.14 bits per heavy atom. The molecule has 1 saturated heterocycles. The smallest absolute Gasteiger partial charge is 0.0340 e. The van der Waals surface area contributed by atoms with Gasteiger partial charge in [-0.25, -0.2) is 0 Å². The maximum atomic E-state index is 3.43. The van der Waals surface area contributed by atoms with Crippen molar-refractivity contribution in [3.63, 3.8) is 0 Å². The molecule has 2 rings (SSSR count). The zero-order valence-corrected chi connectivity index (χ0v) is 8.58. The minimum absolute atomic E-state index is 0. The highest BCUT2D eigenvalue weighted by Gasteiger charge is 2.09. The van der Waals surface area contributed by atoms with E-state index in [-0.39, 0.29) is 1.43 Å². The zero-order valence-electron chi connectivity index (χ0n) is 8.58. The van der Waals surface area contributed by atoms with Gasteiger partial charge in [0.25, 0.3) is 0 Å². The van der Waals surface area contributed by atoms with Crippen LogP contribution >= 0.6 is 0 Å². The normalized spacial score (nSPS) is 17.1. The summed E-state index contributed by atoms with van der Waals surface area (Å²) in [7, 11) is 0. The molecular weight excluding hydrogens is 172 g/mol. The van der Waals surface area contributed by atoms with Gasteiger partial charge in [0.15, 0.2) is 0 Å². The summed E-state index contributed by atoms with van der Waals surface area (Å²) < 4.78 is 0. The fraction of sp³-hybridized carbons (Fsp3) is 0.500. The van der Waals surface area contributed by atoms with Crippen LogP contribution in [-0.2, 0) is 0 Å². The van der Waals surface area contributed by atoms with Crippen molar-refractivity contribution >= 4 is 5.69 Å². The van der Waals surface area contributed by atoms with E-state index in [9.17, 15) is 0 Å². The third-order valence-corrected chi connectivity index (χ3v) is 2.73. The van der Waals surface area contributed by atoms with Crippen LogP contribution in [0.2, 0.25) is 0 Å². The van der Waals surface area contributed by atoms with Gasteiger partial charge in [-0.1, -0.05) is 18.2 Å². The Morgan fingerprint density at radius 3 is 2.57 bits per heavy atom. The standard InChI is InChI=1S/C12H18N2.H2/c1-2-6-12(7-3-1)13-8-11-14-9-4-5-10-14;/h1-3,6-7,13H,4-5,8-11H2;1H. The molecule has 1 aliphatic heterocycles. The van der Waals surface area contributed by atoms with E-state index in [2.05, 4.69) is 34.5 Å². The molecule has 1 heterocycles. The lowest BCUT2D eigenvalue weighted by atomic mass is 10.3. The molecule has 0 unspecified atom stereocenters. The second kappa shape index (κ2) is 5.01. The van der Waals surface area contributed by atoms with Gasteiger partial charge in [-0.05, 0) is 38.1 Å². The first-order valence-corrected chi connectivity index (χ1v) is 5.46. The molecule has 0 spiro atoms. The summed E-state index contributed by atoms with van der Waals surface area (Å²) in [6.45, 7) is 4.81. The number of hydrogen-bond acceptors (Lipinski definition) is 2. The number of hydrogen-bond donors (Lipinski definition) is 1. The molecule has 0 bridgehead atoms. The van der Waals surface area contributed by atoms with Crippen LogP contribution in [0.1, 0.15) is 14.3 Å². The predicted octanol–water partition coefficient (Wildman–Crippen LogP) is 2.44. The van der Waals surface area contributed by atoms with Crippen molar-refractivity contribution in [2.24, 2.45) is 0 Å². The van der Waals surface area contributed by atoms with Crippen LogP contribution in [0.25, 0.3) is 0 Å². The summed E-state index contributed by atoms with van der Waals surface area (Å²) in [6, 6.07) is 10.4. The minimum atomic E-state index is 0. The van der Waals surface area contributed by atoms with Gasteiger partial charge in [-0.2, -0.15) is 0 Å². The Morgan fingerprint density at radius 2 is 1.86 bits per heavy atom. The highest BCUT2D eigenvalue weighted by Crippen LogP contribution is 2.07. The monoisotopic (exact) mass is 192 g/mol. The van der Waals surface area contributed by atoms with Crippen LogP contribution in [0.3, 0.4) is 0 Å². The van der Waals surface area contributed by atoms with E-state index >= 15 is 0 Å². The maximum Gasteiger partial charge on any atom is 0.0340 e. The Bertz CT molecular complexity index is 258.